The molecule has 92 valence electrons. The molecule has 0 radical (unpaired) electrons. The van der Waals surface area contributed by atoms with Gasteiger partial charge in [-0.1, -0.05) is 0 Å². The number of aliphatic hydroxyl groups is 1. The van der Waals surface area contributed by atoms with Gasteiger partial charge in [0.1, 0.15) is 0 Å². The highest BCUT2D eigenvalue weighted by Crippen LogP contribution is 2.29. The van der Waals surface area contributed by atoms with Crippen LogP contribution in [0, 0.1) is 0 Å². The van der Waals surface area contributed by atoms with Crippen LogP contribution in [-0.4, -0.2) is 47.1 Å². The molecular formula is C8H16F3NOS2. The van der Waals surface area contributed by atoms with Crippen molar-refractivity contribution < 1.29 is 18.3 Å². The molecule has 0 aliphatic carbocycles. The third-order valence-electron chi connectivity index (χ3n) is 1.87. The van der Waals surface area contributed by atoms with Gasteiger partial charge in [-0.2, -0.15) is 24.9 Å². The van der Waals surface area contributed by atoms with Crippen LogP contribution in [0.25, 0.3) is 0 Å². The van der Waals surface area contributed by atoms with Crippen molar-refractivity contribution in [3.63, 3.8) is 0 Å². The van der Waals surface area contributed by atoms with E-state index in [1.807, 2.05) is 13.2 Å². The number of thioether (sulfide) groups is 2. The van der Waals surface area contributed by atoms with Crippen molar-refractivity contribution in [1.29, 1.82) is 0 Å². The van der Waals surface area contributed by atoms with Gasteiger partial charge in [0.05, 0.1) is 6.61 Å². The zero-order chi connectivity index (χ0) is 11.9. The number of aliphatic hydroxyl groups excluding tert-OH is 1. The molecule has 0 aromatic rings. The van der Waals surface area contributed by atoms with Gasteiger partial charge in [-0.05, 0) is 24.9 Å². The maximum Gasteiger partial charge on any atom is 0.441 e. The molecule has 0 aliphatic heterocycles. The molecule has 2 atom stereocenters. The van der Waals surface area contributed by atoms with Gasteiger partial charge in [0, 0.05) is 23.6 Å². The first-order valence-corrected chi connectivity index (χ1v) is 6.75. The van der Waals surface area contributed by atoms with Gasteiger partial charge in [0.2, 0.25) is 0 Å². The number of rotatable bonds is 7. The standard InChI is InChI=1S/C8H16F3NOS2/c1-6(7(5-13)14-2)12-3-4-15-8(9,10)11/h6-7,12-13H,3-5H2,1-2H3. The van der Waals surface area contributed by atoms with E-state index >= 15 is 0 Å². The van der Waals surface area contributed by atoms with E-state index in [0.29, 0.717) is 6.54 Å². The molecule has 0 aromatic heterocycles. The molecular weight excluding hydrogens is 247 g/mol. The fraction of sp³-hybridized carbons (Fsp3) is 1.00. The topological polar surface area (TPSA) is 32.3 Å². The van der Waals surface area contributed by atoms with Gasteiger partial charge in [-0.15, -0.1) is 0 Å². The maximum atomic E-state index is 11.8. The van der Waals surface area contributed by atoms with Crippen LogP contribution in [0.5, 0.6) is 0 Å². The van der Waals surface area contributed by atoms with Gasteiger partial charge < -0.3 is 10.4 Å². The monoisotopic (exact) mass is 263 g/mol. The Labute approximate surface area is 96.4 Å². The van der Waals surface area contributed by atoms with Gasteiger partial charge in [-0.25, -0.2) is 0 Å². The summed E-state index contributed by atoms with van der Waals surface area (Å²) >= 11 is 1.47. The van der Waals surface area contributed by atoms with E-state index in [-0.39, 0.29) is 35.4 Å². The zero-order valence-corrected chi connectivity index (χ0v) is 10.3. The molecule has 0 amide bonds. The first-order chi connectivity index (χ1) is 6.90. The van der Waals surface area contributed by atoms with Crippen LogP contribution in [0.15, 0.2) is 0 Å². The summed E-state index contributed by atoms with van der Waals surface area (Å²) in [5.41, 5.74) is -4.15. The minimum atomic E-state index is -4.15. The Balaban J connectivity index is 3.58. The highest BCUT2D eigenvalue weighted by molar-refractivity contribution is 8.00. The molecule has 7 heteroatoms. The Bertz CT molecular complexity index is 164. The van der Waals surface area contributed by atoms with Crippen molar-refractivity contribution in [1.82, 2.24) is 5.32 Å². The molecule has 0 aliphatic rings. The molecule has 15 heavy (non-hydrogen) atoms. The lowest BCUT2D eigenvalue weighted by molar-refractivity contribution is -0.0327. The quantitative estimate of drug-likeness (QED) is 0.688. The van der Waals surface area contributed by atoms with Crippen molar-refractivity contribution >= 4 is 23.5 Å². The lowest BCUT2D eigenvalue weighted by Crippen LogP contribution is -2.38. The first-order valence-electron chi connectivity index (χ1n) is 4.48. The molecule has 2 unspecified atom stereocenters. The van der Waals surface area contributed by atoms with E-state index in [9.17, 15) is 13.2 Å². The van der Waals surface area contributed by atoms with Crippen LogP contribution in [0.3, 0.4) is 0 Å². The molecule has 0 fully saturated rings. The predicted molar refractivity (Wildman–Crippen MR) is 60.4 cm³/mol. The number of alkyl halides is 3. The Morgan fingerprint density at radius 2 is 2.00 bits per heavy atom. The smallest absolute Gasteiger partial charge is 0.395 e. The van der Waals surface area contributed by atoms with Gasteiger partial charge in [0.15, 0.2) is 0 Å². The van der Waals surface area contributed by atoms with E-state index < -0.39 is 5.51 Å². The van der Waals surface area contributed by atoms with Gasteiger partial charge >= 0.3 is 5.51 Å². The largest absolute Gasteiger partial charge is 0.441 e. The highest BCUT2D eigenvalue weighted by atomic mass is 32.2. The Morgan fingerprint density at radius 1 is 1.40 bits per heavy atom. The molecule has 0 saturated carbocycles. The summed E-state index contributed by atoms with van der Waals surface area (Å²) in [6.07, 6.45) is 1.86. The normalized spacial score (nSPS) is 16.4. The van der Waals surface area contributed by atoms with E-state index in [1.54, 1.807) is 0 Å². The molecule has 0 spiro atoms. The van der Waals surface area contributed by atoms with Crippen LogP contribution >= 0.6 is 23.5 Å². The van der Waals surface area contributed by atoms with Crippen LogP contribution in [0.2, 0.25) is 0 Å². The Kier molecular flexibility index (Phi) is 7.85. The summed E-state index contributed by atoms with van der Waals surface area (Å²) in [5, 5.41) is 11.9. The van der Waals surface area contributed by atoms with Crippen molar-refractivity contribution in [2.24, 2.45) is 0 Å². The van der Waals surface area contributed by atoms with Crippen molar-refractivity contribution in [2.45, 2.75) is 23.7 Å². The fourth-order valence-electron chi connectivity index (χ4n) is 1.02. The van der Waals surface area contributed by atoms with Crippen LogP contribution in [-0.2, 0) is 0 Å². The van der Waals surface area contributed by atoms with Crippen LogP contribution in [0.1, 0.15) is 6.92 Å². The van der Waals surface area contributed by atoms with E-state index in [4.69, 9.17) is 5.11 Å². The van der Waals surface area contributed by atoms with E-state index in [0.717, 1.165) is 0 Å². The van der Waals surface area contributed by atoms with Gasteiger partial charge in [0.25, 0.3) is 0 Å². The average molecular weight is 263 g/mol. The Hall–Kier alpha value is 0.410. The molecule has 2 nitrogen and oxygen atoms in total. The van der Waals surface area contributed by atoms with E-state index in [1.165, 1.54) is 11.8 Å². The highest BCUT2D eigenvalue weighted by Gasteiger charge is 2.27. The van der Waals surface area contributed by atoms with Crippen molar-refractivity contribution in [3.05, 3.63) is 0 Å². The third-order valence-corrected chi connectivity index (χ3v) is 3.77. The summed E-state index contributed by atoms with van der Waals surface area (Å²) in [5.74, 6) is 0.000367. The number of halogens is 3. The summed E-state index contributed by atoms with van der Waals surface area (Å²) < 4.78 is 35.3. The maximum absolute atomic E-state index is 11.8. The lowest BCUT2D eigenvalue weighted by Gasteiger charge is -2.21. The number of hydrogen-bond donors (Lipinski definition) is 2. The summed E-state index contributed by atoms with van der Waals surface area (Å²) in [4.78, 5) is 0. The molecule has 0 bridgehead atoms. The minimum Gasteiger partial charge on any atom is -0.395 e. The summed E-state index contributed by atoms with van der Waals surface area (Å²) in [7, 11) is 0. The molecule has 0 heterocycles. The number of hydrogen-bond acceptors (Lipinski definition) is 4. The molecule has 0 rings (SSSR count). The minimum absolute atomic E-state index is 0.000367. The fourth-order valence-corrected chi connectivity index (χ4v) is 2.13. The molecule has 2 N–H and O–H groups in total. The molecule has 0 aromatic carbocycles. The lowest BCUT2D eigenvalue weighted by atomic mass is 10.2. The van der Waals surface area contributed by atoms with Crippen molar-refractivity contribution in [3.8, 4) is 0 Å². The van der Waals surface area contributed by atoms with Crippen LogP contribution < -0.4 is 5.32 Å². The third kappa shape index (κ3) is 8.24. The Morgan fingerprint density at radius 3 is 2.40 bits per heavy atom. The second-order valence-electron chi connectivity index (χ2n) is 2.99. The SMILES string of the molecule is CSC(CO)C(C)NCCSC(F)(F)F. The van der Waals surface area contributed by atoms with Crippen molar-refractivity contribution in [2.75, 3.05) is 25.2 Å². The first kappa shape index (κ1) is 15.4. The van der Waals surface area contributed by atoms with Crippen LogP contribution in [0.4, 0.5) is 13.2 Å². The average Bonchev–Trinajstić information content (AvgIpc) is 2.13. The second-order valence-corrected chi connectivity index (χ2v) is 5.23. The number of nitrogens with one attached hydrogen (secondary N) is 1. The summed E-state index contributed by atoms with van der Waals surface area (Å²) in [6, 6.07) is 0.0128. The van der Waals surface area contributed by atoms with Gasteiger partial charge in [-0.3, -0.25) is 0 Å². The second kappa shape index (κ2) is 7.65. The summed E-state index contributed by atoms with van der Waals surface area (Å²) in [6.45, 7) is 2.18. The molecule has 0 saturated heterocycles. The predicted octanol–water partition coefficient (Wildman–Crippen LogP) is 1.94. The van der Waals surface area contributed by atoms with E-state index in [2.05, 4.69) is 5.32 Å². The zero-order valence-electron chi connectivity index (χ0n) is 8.67.